The van der Waals surface area contributed by atoms with Crippen molar-refractivity contribution < 1.29 is 0 Å². The van der Waals surface area contributed by atoms with Crippen LogP contribution in [-0.2, 0) is 0 Å². The number of halogens is 4. The molecule has 0 saturated carbocycles. The van der Waals surface area contributed by atoms with Crippen LogP contribution in [0, 0.1) is 0 Å². The predicted octanol–water partition coefficient (Wildman–Crippen LogP) is 3.28. The Hall–Kier alpha value is 1.88. The SMILES string of the molecule is CCC(Br)(Br)C(N)(Br)Br. The lowest BCUT2D eigenvalue weighted by Gasteiger charge is -2.29. The molecule has 56 valence electrons. The van der Waals surface area contributed by atoms with Gasteiger partial charge in [0.05, 0.1) is 0 Å². The van der Waals surface area contributed by atoms with E-state index < -0.39 is 3.36 Å². The molecule has 0 fully saturated rings. The molecule has 0 aromatic heterocycles. The van der Waals surface area contributed by atoms with Gasteiger partial charge in [-0.15, -0.1) is 0 Å². The molecule has 0 atom stereocenters. The third-order valence-electron chi connectivity index (χ3n) is 0.932. The third kappa shape index (κ3) is 3.18. The topological polar surface area (TPSA) is 26.0 Å². The van der Waals surface area contributed by atoms with Gasteiger partial charge in [0.2, 0.25) is 0 Å². The molecule has 0 aromatic rings. The molecule has 5 heteroatoms. The summed E-state index contributed by atoms with van der Waals surface area (Å²) in [5.74, 6) is 0. The molecule has 0 spiro atoms. The minimum atomic E-state index is -0.595. The summed E-state index contributed by atoms with van der Waals surface area (Å²) in [6.45, 7) is 2.02. The fraction of sp³-hybridized carbons (Fsp3) is 1.00. The lowest BCUT2D eigenvalue weighted by atomic mass is 10.3. The molecular weight excluding hydrogens is 382 g/mol. The van der Waals surface area contributed by atoms with E-state index in [1.165, 1.54) is 0 Å². The Bertz CT molecular complexity index is 95.2. The van der Waals surface area contributed by atoms with Crippen LogP contribution in [0.2, 0.25) is 0 Å². The van der Waals surface area contributed by atoms with Gasteiger partial charge in [-0.1, -0.05) is 70.6 Å². The van der Waals surface area contributed by atoms with Crippen LogP contribution in [0.3, 0.4) is 0 Å². The smallest absolute Gasteiger partial charge is 0.153 e. The molecule has 0 amide bonds. The highest BCUT2D eigenvalue weighted by molar-refractivity contribution is 9.30. The minimum Gasteiger partial charge on any atom is -0.305 e. The summed E-state index contributed by atoms with van der Waals surface area (Å²) in [4.78, 5) is 0. The standard InChI is InChI=1S/C4H7Br4N/c1-2-3(5,6)4(7,8)9/h2,9H2,1H3. The molecule has 1 nitrogen and oxygen atoms in total. The number of nitrogens with two attached hydrogens (primary N) is 1. The van der Waals surface area contributed by atoms with Gasteiger partial charge in [0, 0.05) is 0 Å². The third-order valence-corrected chi connectivity index (χ3v) is 6.79. The van der Waals surface area contributed by atoms with Gasteiger partial charge in [-0.25, -0.2) is 0 Å². The normalized spacial score (nSPS) is 14.0. The Morgan fingerprint density at radius 1 is 1.22 bits per heavy atom. The van der Waals surface area contributed by atoms with Crippen molar-refractivity contribution in [3.05, 3.63) is 0 Å². The summed E-state index contributed by atoms with van der Waals surface area (Å²) in [7, 11) is 0. The van der Waals surface area contributed by atoms with Gasteiger partial charge in [0.25, 0.3) is 0 Å². The van der Waals surface area contributed by atoms with E-state index in [0.717, 1.165) is 6.42 Å². The van der Waals surface area contributed by atoms with Gasteiger partial charge in [-0.05, 0) is 6.42 Å². The molecule has 0 bridgehead atoms. The van der Waals surface area contributed by atoms with Crippen molar-refractivity contribution in [2.75, 3.05) is 0 Å². The Balaban J connectivity index is 4.14. The number of rotatable bonds is 2. The fourth-order valence-corrected chi connectivity index (χ4v) is 0.796. The van der Waals surface area contributed by atoms with Crippen LogP contribution < -0.4 is 5.73 Å². The van der Waals surface area contributed by atoms with E-state index in [2.05, 4.69) is 63.7 Å². The first-order valence-electron chi connectivity index (χ1n) is 2.36. The Labute approximate surface area is 88.6 Å². The van der Waals surface area contributed by atoms with Gasteiger partial charge in [0.1, 0.15) is 3.23 Å². The lowest BCUT2D eigenvalue weighted by molar-refractivity contribution is 0.739. The summed E-state index contributed by atoms with van der Waals surface area (Å²) in [6, 6.07) is 0. The molecule has 2 N–H and O–H groups in total. The van der Waals surface area contributed by atoms with Gasteiger partial charge in [-0.3, -0.25) is 0 Å². The molecule has 0 aliphatic carbocycles. The van der Waals surface area contributed by atoms with Crippen LogP contribution in [0.15, 0.2) is 0 Å². The van der Waals surface area contributed by atoms with Crippen molar-refractivity contribution in [3.8, 4) is 0 Å². The first-order valence-corrected chi connectivity index (χ1v) is 5.53. The molecule has 0 aromatic carbocycles. The van der Waals surface area contributed by atoms with Crippen molar-refractivity contribution in [2.24, 2.45) is 5.73 Å². The van der Waals surface area contributed by atoms with Crippen LogP contribution in [0.5, 0.6) is 0 Å². The molecule has 0 aliphatic rings. The molecule has 0 rings (SSSR count). The van der Waals surface area contributed by atoms with Crippen LogP contribution in [0.25, 0.3) is 0 Å². The Morgan fingerprint density at radius 3 is 1.56 bits per heavy atom. The van der Waals surface area contributed by atoms with E-state index in [1.807, 2.05) is 6.92 Å². The van der Waals surface area contributed by atoms with Crippen molar-refractivity contribution in [2.45, 2.75) is 19.9 Å². The van der Waals surface area contributed by atoms with Gasteiger partial charge < -0.3 is 5.73 Å². The van der Waals surface area contributed by atoms with E-state index in [-0.39, 0.29) is 3.23 Å². The summed E-state index contributed by atoms with van der Waals surface area (Å²) >= 11 is 13.3. The summed E-state index contributed by atoms with van der Waals surface area (Å²) in [5.41, 5.74) is 5.66. The van der Waals surface area contributed by atoms with Crippen LogP contribution in [0.4, 0.5) is 0 Å². The monoisotopic (exact) mass is 385 g/mol. The Kier molecular flexibility index (Phi) is 4.25. The van der Waals surface area contributed by atoms with Crippen molar-refractivity contribution in [1.29, 1.82) is 0 Å². The van der Waals surface area contributed by atoms with Crippen molar-refractivity contribution in [3.63, 3.8) is 0 Å². The van der Waals surface area contributed by atoms with Crippen LogP contribution in [0.1, 0.15) is 13.3 Å². The highest BCUT2D eigenvalue weighted by Crippen LogP contribution is 2.46. The van der Waals surface area contributed by atoms with E-state index in [0.29, 0.717) is 0 Å². The first kappa shape index (κ1) is 10.9. The second-order valence-electron chi connectivity index (χ2n) is 1.68. The zero-order valence-corrected chi connectivity index (χ0v) is 11.1. The second kappa shape index (κ2) is 3.52. The summed E-state index contributed by atoms with van der Waals surface area (Å²) in [6.07, 6.45) is 0.875. The summed E-state index contributed by atoms with van der Waals surface area (Å²) < 4.78 is -0.880. The predicted molar refractivity (Wildman–Crippen MR) is 55.6 cm³/mol. The first-order chi connectivity index (χ1) is 3.81. The number of hydrogen-bond donors (Lipinski definition) is 1. The number of alkyl halides is 4. The summed E-state index contributed by atoms with van der Waals surface area (Å²) in [5, 5.41) is 0. The maximum Gasteiger partial charge on any atom is 0.153 e. The maximum absolute atomic E-state index is 5.66. The van der Waals surface area contributed by atoms with Crippen LogP contribution in [-0.4, -0.2) is 6.59 Å². The van der Waals surface area contributed by atoms with Crippen molar-refractivity contribution >= 4 is 63.7 Å². The molecule has 0 heterocycles. The second-order valence-corrected chi connectivity index (χ2v) is 9.02. The minimum absolute atomic E-state index is 0.285. The zero-order chi connectivity index (χ0) is 7.71. The largest absolute Gasteiger partial charge is 0.305 e. The van der Waals surface area contributed by atoms with Crippen molar-refractivity contribution in [1.82, 2.24) is 0 Å². The Morgan fingerprint density at radius 2 is 1.56 bits per heavy atom. The van der Waals surface area contributed by atoms with E-state index in [1.54, 1.807) is 0 Å². The van der Waals surface area contributed by atoms with Gasteiger partial charge >= 0.3 is 0 Å². The van der Waals surface area contributed by atoms with Crippen LogP contribution >= 0.6 is 63.7 Å². The molecular formula is C4H7Br4N. The average molecular weight is 389 g/mol. The highest BCUT2D eigenvalue weighted by atomic mass is 79.9. The van der Waals surface area contributed by atoms with Gasteiger partial charge in [-0.2, -0.15) is 0 Å². The molecule has 9 heavy (non-hydrogen) atoms. The molecule has 0 unspecified atom stereocenters. The van der Waals surface area contributed by atoms with E-state index in [4.69, 9.17) is 5.73 Å². The molecule has 0 aliphatic heterocycles. The van der Waals surface area contributed by atoms with E-state index in [9.17, 15) is 0 Å². The molecule has 0 saturated heterocycles. The fourth-order valence-electron chi connectivity index (χ4n) is 0.236. The zero-order valence-electron chi connectivity index (χ0n) is 4.80. The number of hydrogen-bond acceptors (Lipinski definition) is 1. The quantitative estimate of drug-likeness (QED) is 0.570. The lowest BCUT2D eigenvalue weighted by Crippen LogP contribution is -2.41. The van der Waals surface area contributed by atoms with Gasteiger partial charge in [0.15, 0.2) is 3.36 Å². The highest BCUT2D eigenvalue weighted by Gasteiger charge is 2.39. The average Bonchev–Trinajstić information content (AvgIpc) is 1.64. The van der Waals surface area contributed by atoms with E-state index >= 15 is 0 Å². The molecule has 0 radical (unpaired) electrons. The maximum atomic E-state index is 5.66.